The number of nitrogens with one attached hydrogen (secondary N) is 2. The number of rotatable bonds is 6. The Morgan fingerprint density at radius 2 is 1.72 bits per heavy atom. The number of aliphatic imine (C=N–C) groups is 1. The summed E-state index contributed by atoms with van der Waals surface area (Å²) in [6.45, 7) is 6.68. The molecule has 2 heterocycles. The number of carbonyl (C=O) groups is 2. The summed E-state index contributed by atoms with van der Waals surface area (Å²) >= 11 is 6.77. The van der Waals surface area contributed by atoms with Gasteiger partial charge in [-0.15, -0.1) is 10.2 Å². The summed E-state index contributed by atoms with van der Waals surface area (Å²) in [6.07, 6.45) is 1.60. The van der Waals surface area contributed by atoms with Crippen molar-refractivity contribution in [2.45, 2.75) is 27.3 Å². The molecule has 12 heteroatoms. The number of fused-ring (bicyclic) bond motifs is 3. The molecule has 0 saturated carbocycles. The minimum absolute atomic E-state index is 0.0928. The number of methoxy groups -OCH3 is 1. The molecule has 0 atom stereocenters. The monoisotopic (exact) mass is 622 g/mol. The van der Waals surface area contributed by atoms with Gasteiger partial charge in [0.2, 0.25) is 5.91 Å². The maximum absolute atomic E-state index is 11.6. The first kappa shape index (κ1) is 33.3. The Bertz CT molecular complexity index is 1570. The molecule has 0 saturated heterocycles. The van der Waals surface area contributed by atoms with Crippen LogP contribution in [0.1, 0.15) is 45.6 Å². The fourth-order valence-corrected chi connectivity index (χ4v) is 4.37. The molecule has 0 bridgehead atoms. The lowest BCUT2D eigenvalue weighted by atomic mass is 10.00. The fourth-order valence-electron chi connectivity index (χ4n) is 4.24. The highest BCUT2D eigenvalue weighted by Crippen LogP contribution is 2.29. The van der Waals surface area contributed by atoms with E-state index >= 15 is 0 Å². The van der Waals surface area contributed by atoms with E-state index in [1.165, 1.54) is 6.92 Å². The summed E-state index contributed by atoms with van der Waals surface area (Å²) in [6, 6.07) is 21.0. The molecule has 43 heavy (non-hydrogen) atoms. The minimum atomic E-state index is -0.117. The van der Waals surface area contributed by atoms with Gasteiger partial charge in [0.1, 0.15) is 18.1 Å². The van der Waals surface area contributed by atoms with Crippen molar-refractivity contribution in [2.75, 3.05) is 26.5 Å². The Kier molecular flexibility index (Phi) is 12.7. The third kappa shape index (κ3) is 9.40. The number of ether oxygens (including phenoxy) is 1. The van der Waals surface area contributed by atoms with Gasteiger partial charge in [0, 0.05) is 48.0 Å². The quantitative estimate of drug-likeness (QED) is 0.197. The zero-order valence-electron chi connectivity index (χ0n) is 24.7. The van der Waals surface area contributed by atoms with Gasteiger partial charge in [-0.25, -0.2) is 0 Å². The van der Waals surface area contributed by atoms with Crippen LogP contribution in [-0.2, 0) is 11.3 Å². The first-order valence-corrected chi connectivity index (χ1v) is 14.9. The van der Waals surface area contributed by atoms with Gasteiger partial charge in [-0.2, -0.15) is 0 Å². The average molecular weight is 623 g/mol. The van der Waals surface area contributed by atoms with Gasteiger partial charge in [0.15, 0.2) is 5.82 Å². The summed E-state index contributed by atoms with van der Waals surface area (Å²) in [4.78, 5) is 27.0. The molecule has 1 aliphatic rings. The highest BCUT2D eigenvalue weighted by atomic mass is 35.5. The third-order valence-electron chi connectivity index (χ3n) is 6.15. The van der Waals surface area contributed by atoms with Crippen molar-refractivity contribution in [3.05, 3.63) is 106 Å². The van der Waals surface area contributed by atoms with Crippen LogP contribution in [0.25, 0.3) is 5.69 Å². The van der Waals surface area contributed by atoms with Gasteiger partial charge in [-0.3, -0.25) is 19.1 Å². The van der Waals surface area contributed by atoms with Crippen molar-refractivity contribution in [3.63, 3.8) is 0 Å². The molecule has 3 N–H and O–H groups in total. The smallest absolute Gasteiger partial charge is 0.251 e. The van der Waals surface area contributed by atoms with Gasteiger partial charge >= 0.3 is 0 Å². The molecule has 0 radical (unpaired) electrons. The number of aromatic nitrogens is 3. The van der Waals surface area contributed by atoms with Crippen molar-refractivity contribution >= 4 is 41.2 Å². The number of amides is 2. The lowest BCUT2D eigenvalue weighted by molar-refractivity contribution is -0.118. The Morgan fingerprint density at radius 3 is 2.37 bits per heavy atom. The van der Waals surface area contributed by atoms with E-state index in [0.717, 1.165) is 57.5 Å². The van der Waals surface area contributed by atoms with E-state index in [2.05, 4.69) is 20.8 Å². The number of nitrogens with zero attached hydrogens (tertiary/aromatic N) is 4. The van der Waals surface area contributed by atoms with E-state index in [-0.39, 0.29) is 11.8 Å². The van der Waals surface area contributed by atoms with E-state index in [1.54, 1.807) is 19.4 Å². The summed E-state index contributed by atoms with van der Waals surface area (Å²) in [7, 11) is 1.66. The van der Waals surface area contributed by atoms with Crippen LogP contribution in [0.4, 0.5) is 0 Å². The lowest BCUT2D eigenvalue weighted by Gasteiger charge is -2.14. The number of hydrogen-bond donors (Lipinski definition) is 3. The molecule has 0 unspecified atom stereocenters. The van der Waals surface area contributed by atoms with Crippen molar-refractivity contribution in [1.82, 2.24) is 25.4 Å². The zero-order valence-corrected chi connectivity index (χ0v) is 26.3. The number of benzene rings is 3. The predicted molar refractivity (Wildman–Crippen MR) is 172 cm³/mol. The molecule has 0 aliphatic carbocycles. The Morgan fingerprint density at radius 1 is 1.02 bits per heavy atom. The summed E-state index contributed by atoms with van der Waals surface area (Å²) < 4.78 is 14.9. The molecule has 4 aromatic rings. The van der Waals surface area contributed by atoms with Crippen molar-refractivity contribution in [2.24, 2.45) is 4.99 Å². The molecule has 0 spiro atoms. The third-order valence-corrected chi connectivity index (χ3v) is 6.40. The van der Waals surface area contributed by atoms with Gasteiger partial charge in [-0.1, -0.05) is 41.4 Å². The first-order valence-electron chi connectivity index (χ1n) is 13.3. The van der Waals surface area contributed by atoms with E-state index in [4.69, 9.17) is 25.9 Å². The number of halogens is 1. The highest BCUT2D eigenvalue weighted by Gasteiger charge is 2.22. The van der Waals surface area contributed by atoms with Gasteiger partial charge < -0.3 is 19.9 Å². The SMILES string of the molecule is CC(=O)NCCNC(=O)c1cccc(C)c1.COc1ccc2c(c1)C(c1ccc(Cl)cc1)=NCc1nnc(C)n1-2.CSO. The van der Waals surface area contributed by atoms with Crippen molar-refractivity contribution < 1.29 is 18.9 Å². The van der Waals surface area contributed by atoms with Crippen LogP contribution < -0.4 is 15.4 Å². The summed E-state index contributed by atoms with van der Waals surface area (Å²) in [5, 5.41) is 14.5. The van der Waals surface area contributed by atoms with Crippen molar-refractivity contribution in [3.8, 4) is 11.4 Å². The molecule has 10 nitrogen and oxygen atoms in total. The molecule has 5 rings (SSSR count). The Hall–Kier alpha value is -4.19. The lowest BCUT2D eigenvalue weighted by Crippen LogP contribution is -2.33. The minimum Gasteiger partial charge on any atom is -0.497 e. The second kappa shape index (κ2) is 16.4. The predicted octanol–water partition coefficient (Wildman–Crippen LogP) is 5.27. The van der Waals surface area contributed by atoms with Crippen LogP contribution in [0.2, 0.25) is 5.02 Å². The van der Waals surface area contributed by atoms with Crippen LogP contribution >= 0.6 is 23.6 Å². The molecule has 0 fully saturated rings. The molecule has 1 aromatic heterocycles. The van der Waals surface area contributed by atoms with Gasteiger partial charge in [0.25, 0.3) is 5.91 Å². The largest absolute Gasteiger partial charge is 0.497 e. The molecule has 2 amide bonds. The number of aryl methyl sites for hydroxylation is 2. The zero-order chi connectivity index (χ0) is 31.4. The number of hydrogen-bond acceptors (Lipinski definition) is 8. The van der Waals surface area contributed by atoms with Gasteiger partial charge in [0.05, 0.1) is 18.5 Å². The Balaban J connectivity index is 0.000000232. The van der Waals surface area contributed by atoms with Crippen LogP contribution in [0.3, 0.4) is 0 Å². The van der Waals surface area contributed by atoms with Crippen LogP contribution in [0.5, 0.6) is 5.75 Å². The van der Waals surface area contributed by atoms with E-state index in [0.29, 0.717) is 30.2 Å². The summed E-state index contributed by atoms with van der Waals surface area (Å²) in [5.41, 5.74) is 5.57. The second-order valence-electron chi connectivity index (χ2n) is 9.34. The van der Waals surface area contributed by atoms with Crippen LogP contribution in [0, 0.1) is 13.8 Å². The maximum atomic E-state index is 11.6. The van der Waals surface area contributed by atoms with Gasteiger partial charge in [-0.05, 0) is 68.4 Å². The summed E-state index contributed by atoms with van der Waals surface area (Å²) in [5.74, 6) is 2.23. The molecule has 3 aromatic carbocycles. The van der Waals surface area contributed by atoms with E-state index in [9.17, 15) is 9.59 Å². The molecular formula is C31H35ClN6O4S. The molecular weight excluding hydrogens is 588 g/mol. The topological polar surface area (TPSA) is 131 Å². The molecule has 1 aliphatic heterocycles. The van der Waals surface area contributed by atoms with Crippen LogP contribution in [0.15, 0.2) is 71.7 Å². The first-order chi connectivity index (χ1) is 20.7. The average Bonchev–Trinajstić information content (AvgIpc) is 3.27. The number of carbonyl (C=O) groups excluding carboxylic acids is 2. The van der Waals surface area contributed by atoms with E-state index in [1.807, 2.05) is 79.1 Å². The standard InChI is InChI=1S/C18H15ClN4O.C12H16N2O2.CH4OS/c1-11-21-22-17-10-20-18(12-3-5-13(19)6-4-12)15-9-14(24-2)7-8-16(15)23(11)17;1-9-4-3-5-11(8-9)12(16)14-7-6-13-10(2)15;1-3-2/h3-9H,10H2,1-2H3;3-5,8H,6-7H2,1-2H3,(H,13,15)(H,14,16);2H,1H3. The fraction of sp³-hybridized carbons (Fsp3) is 0.258. The Labute approximate surface area is 260 Å². The highest BCUT2D eigenvalue weighted by molar-refractivity contribution is 7.93. The maximum Gasteiger partial charge on any atom is 0.251 e. The molecule has 226 valence electrons. The normalized spacial score (nSPS) is 11.2. The second-order valence-corrected chi connectivity index (χ2v) is 10.1. The van der Waals surface area contributed by atoms with Crippen LogP contribution in [-0.4, -0.2) is 63.3 Å². The van der Waals surface area contributed by atoms with Crippen molar-refractivity contribution in [1.29, 1.82) is 0 Å². The van der Waals surface area contributed by atoms with E-state index < -0.39 is 0 Å².